The Labute approximate surface area is 91.9 Å². The number of nitrogens with zero attached hydrogens (tertiary/aromatic N) is 1. The lowest BCUT2D eigenvalue weighted by Crippen LogP contribution is -2.16. The maximum absolute atomic E-state index is 11.3. The fraction of sp³-hybridized carbons (Fsp3) is 0.375. The molecule has 1 heterocycles. The highest BCUT2D eigenvalue weighted by molar-refractivity contribution is 9.10. The summed E-state index contributed by atoms with van der Waals surface area (Å²) in [6, 6.07) is 3.35. The minimum Gasteiger partial charge on any atom is -0.267 e. The lowest BCUT2D eigenvalue weighted by atomic mass is 10.5. The zero-order valence-corrected chi connectivity index (χ0v) is 10.1. The molecule has 0 saturated heterocycles. The topological polar surface area (TPSA) is 59.1 Å². The van der Waals surface area contributed by atoms with Gasteiger partial charge >= 0.3 is 0 Å². The number of aromatic nitrogens is 1. The van der Waals surface area contributed by atoms with Gasteiger partial charge in [0.15, 0.2) is 0 Å². The van der Waals surface area contributed by atoms with Crippen molar-refractivity contribution >= 4 is 31.8 Å². The molecule has 6 heteroatoms. The van der Waals surface area contributed by atoms with Crippen LogP contribution in [0.3, 0.4) is 0 Å². The molecule has 1 aromatic rings. The molecule has 0 aliphatic rings. The summed E-state index contributed by atoms with van der Waals surface area (Å²) < 4.78 is 25.9. The van der Waals surface area contributed by atoms with E-state index in [1.165, 1.54) is 6.20 Å². The number of hydrogen-bond donors (Lipinski definition) is 1. The van der Waals surface area contributed by atoms with Crippen LogP contribution in [0.2, 0.25) is 0 Å². The Bertz CT molecular complexity index is 406. The first-order chi connectivity index (χ1) is 6.53. The molecule has 1 N–H and O–H groups in total. The fourth-order valence-corrected chi connectivity index (χ4v) is 2.34. The van der Waals surface area contributed by atoms with E-state index >= 15 is 0 Å². The summed E-state index contributed by atoms with van der Waals surface area (Å²) in [5.41, 5.74) is 0. The number of halogens is 1. The SMILES string of the molecule is CCCS(=O)(=O)Nc1cc(Br)ccn1. The third-order valence-corrected chi connectivity index (χ3v) is 3.41. The van der Waals surface area contributed by atoms with Crippen LogP contribution in [-0.4, -0.2) is 19.2 Å². The Morgan fingerprint density at radius 1 is 1.57 bits per heavy atom. The minimum atomic E-state index is -3.23. The number of hydrogen-bond acceptors (Lipinski definition) is 3. The lowest BCUT2D eigenvalue weighted by Gasteiger charge is -2.05. The smallest absolute Gasteiger partial charge is 0.233 e. The highest BCUT2D eigenvalue weighted by Crippen LogP contribution is 2.13. The van der Waals surface area contributed by atoms with E-state index in [-0.39, 0.29) is 5.75 Å². The van der Waals surface area contributed by atoms with E-state index in [1.807, 2.05) is 6.92 Å². The van der Waals surface area contributed by atoms with E-state index in [0.717, 1.165) is 4.47 Å². The molecule has 14 heavy (non-hydrogen) atoms. The normalized spacial score (nSPS) is 11.3. The van der Waals surface area contributed by atoms with Gasteiger partial charge in [-0.3, -0.25) is 4.72 Å². The van der Waals surface area contributed by atoms with Crippen molar-refractivity contribution < 1.29 is 8.42 Å². The zero-order valence-electron chi connectivity index (χ0n) is 7.70. The van der Waals surface area contributed by atoms with Crippen LogP contribution < -0.4 is 4.72 Å². The second-order valence-electron chi connectivity index (χ2n) is 2.78. The number of nitrogens with one attached hydrogen (secondary N) is 1. The van der Waals surface area contributed by atoms with Crippen molar-refractivity contribution in [1.29, 1.82) is 0 Å². The molecule has 0 aliphatic carbocycles. The number of rotatable bonds is 4. The van der Waals surface area contributed by atoms with Crippen molar-refractivity contribution in [2.75, 3.05) is 10.5 Å². The van der Waals surface area contributed by atoms with Crippen LogP contribution in [0, 0.1) is 0 Å². The van der Waals surface area contributed by atoms with Crippen LogP contribution in [0.5, 0.6) is 0 Å². The summed E-state index contributed by atoms with van der Waals surface area (Å²) in [4.78, 5) is 3.89. The molecule has 0 fully saturated rings. The molecule has 0 spiro atoms. The first-order valence-electron chi connectivity index (χ1n) is 4.15. The van der Waals surface area contributed by atoms with Crippen molar-refractivity contribution in [2.45, 2.75) is 13.3 Å². The molecule has 0 atom stereocenters. The van der Waals surface area contributed by atoms with Gasteiger partial charge in [0.2, 0.25) is 10.0 Å². The van der Waals surface area contributed by atoms with Gasteiger partial charge in [-0.1, -0.05) is 22.9 Å². The Morgan fingerprint density at radius 2 is 2.29 bits per heavy atom. The second-order valence-corrected chi connectivity index (χ2v) is 5.54. The molecular weight excluding hydrogens is 268 g/mol. The summed E-state index contributed by atoms with van der Waals surface area (Å²) in [6.45, 7) is 1.81. The monoisotopic (exact) mass is 278 g/mol. The van der Waals surface area contributed by atoms with E-state index in [0.29, 0.717) is 12.2 Å². The highest BCUT2D eigenvalue weighted by Gasteiger charge is 2.08. The van der Waals surface area contributed by atoms with Gasteiger partial charge in [0.05, 0.1) is 5.75 Å². The predicted molar refractivity (Wildman–Crippen MR) is 59.6 cm³/mol. The molecule has 0 radical (unpaired) electrons. The largest absolute Gasteiger partial charge is 0.267 e. The standard InChI is InChI=1S/C8H11BrN2O2S/c1-2-5-14(12,13)11-8-6-7(9)3-4-10-8/h3-4,6H,2,5H2,1H3,(H,10,11). The number of sulfonamides is 1. The molecule has 1 aromatic heterocycles. The molecule has 0 bridgehead atoms. The van der Waals surface area contributed by atoms with Gasteiger partial charge in [0, 0.05) is 10.7 Å². The van der Waals surface area contributed by atoms with Crippen molar-refractivity contribution in [1.82, 2.24) is 4.98 Å². The van der Waals surface area contributed by atoms with Crippen LogP contribution in [0.15, 0.2) is 22.8 Å². The van der Waals surface area contributed by atoms with Crippen LogP contribution in [0.4, 0.5) is 5.82 Å². The Kier molecular flexibility index (Phi) is 3.88. The van der Waals surface area contributed by atoms with Crippen LogP contribution in [0.25, 0.3) is 0 Å². The number of anilines is 1. The Balaban J connectivity index is 2.79. The van der Waals surface area contributed by atoms with Gasteiger partial charge in [-0.05, 0) is 18.6 Å². The summed E-state index contributed by atoms with van der Waals surface area (Å²) >= 11 is 3.23. The first kappa shape index (κ1) is 11.5. The zero-order chi connectivity index (χ0) is 10.6. The average Bonchev–Trinajstić information content (AvgIpc) is 2.02. The quantitative estimate of drug-likeness (QED) is 0.917. The van der Waals surface area contributed by atoms with Crippen LogP contribution in [-0.2, 0) is 10.0 Å². The van der Waals surface area contributed by atoms with Gasteiger partial charge < -0.3 is 0 Å². The molecule has 78 valence electrons. The van der Waals surface area contributed by atoms with Gasteiger partial charge in [0.25, 0.3) is 0 Å². The van der Waals surface area contributed by atoms with Crippen LogP contribution in [0.1, 0.15) is 13.3 Å². The van der Waals surface area contributed by atoms with Gasteiger partial charge in [-0.15, -0.1) is 0 Å². The van der Waals surface area contributed by atoms with Gasteiger partial charge in [0.1, 0.15) is 5.82 Å². The molecule has 0 aliphatic heterocycles. The summed E-state index contributed by atoms with van der Waals surface area (Å²) in [6.07, 6.45) is 2.12. The second kappa shape index (κ2) is 4.75. The van der Waals surface area contributed by atoms with Gasteiger partial charge in [-0.2, -0.15) is 0 Å². The molecule has 4 nitrogen and oxygen atoms in total. The van der Waals surface area contributed by atoms with Crippen LogP contribution >= 0.6 is 15.9 Å². The number of pyridine rings is 1. The summed E-state index contributed by atoms with van der Waals surface area (Å²) in [5.74, 6) is 0.453. The third-order valence-electron chi connectivity index (χ3n) is 1.45. The van der Waals surface area contributed by atoms with Crippen molar-refractivity contribution in [3.05, 3.63) is 22.8 Å². The van der Waals surface area contributed by atoms with Crippen molar-refractivity contribution in [3.63, 3.8) is 0 Å². The fourth-order valence-electron chi connectivity index (χ4n) is 0.940. The van der Waals surface area contributed by atoms with Crippen molar-refractivity contribution in [3.8, 4) is 0 Å². The molecule has 0 saturated carbocycles. The molecular formula is C8H11BrN2O2S. The maximum Gasteiger partial charge on any atom is 0.233 e. The van der Waals surface area contributed by atoms with E-state index in [4.69, 9.17) is 0 Å². The summed E-state index contributed by atoms with van der Waals surface area (Å²) in [7, 11) is -3.23. The summed E-state index contributed by atoms with van der Waals surface area (Å²) in [5, 5.41) is 0. The van der Waals surface area contributed by atoms with Gasteiger partial charge in [-0.25, -0.2) is 13.4 Å². The van der Waals surface area contributed by atoms with E-state index in [1.54, 1.807) is 12.1 Å². The molecule has 0 amide bonds. The molecule has 0 unspecified atom stereocenters. The molecule has 1 rings (SSSR count). The van der Waals surface area contributed by atoms with Crippen molar-refractivity contribution in [2.24, 2.45) is 0 Å². The highest BCUT2D eigenvalue weighted by atomic mass is 79.9. The average molecular weight is 279 g/mol. The predicted octanol–water partition coefficient (Wildman–Crippen LogP) is 2.00. The van der Waals surface area contributed by atoms with E-state index in [9.17, 15) is 8.42 Å². The van der Waals surface area contributed by atoms with E-state index in [2.05, 4.69) is 25.6 Å². The third kappa shape index (κ3) is 3.63. The first-order valence-corrected chi connectivity index (χ1v) is 6.60. The molecule has 0 aromatic carbocycles. The minimum absolute atomic E-state index is 0.112. The Hall–Kier alpha value is -0.620. The maximum atomic E-state index is 11.3. The lowest BCUT2D eigenvalue weighted by molar-refractivity contribution is 0.599. The Morgan fingerprint density at radius 3 is 2.86 bits per heavy atom. The van der Waals surface area contributed by atoms with E-state index < -0.39 is 10.0 Å².